The summed E-state index contributed by atoms with van der Waals surface area (Å²) in [4.78, 5) is 177. The van der Waals surface area contributed by atoms with Crippen molar-refractivity contribution in [1.82, 2.24) is 57.7 Å². The van der Waals surface area contributed by atoms with Crippen molar-refractivity contribution in [3.05, 3.63) is 141 Å². The van der Waals surface area contributed by atoms with Crippen LogP contribution in [0.15, 0.2) is 67.9 Å². The third-order valence-electron chi connectivity index (χ3n) is 16.6. The molecule has 99 heavy (non-hydrogen) atoms. The number of fused-ring (bicyclic) bond motifs is 6. The molecule has 5 fully saturated rings. The number of nitrogens with zero attached hydrogens (tertiary/aromatic N) is 7. The van der Waals surface area contributed by atoms with Crippen LogP contribution < -0.4 is 61.0 Å². The van der Waals surface area contributed by atoms with Gasteiger partial charge in [-0.3, -0.25) is 108 Å². The number of nitrogen functional groups attached to an aromatic ring is 1. The molecule has 0 aromatic carbocycles. The summed E-state index contributed by atoms with van der Waals surface area (Å²) in [6.45, 7) is 1.07. The number of aliphatic hydroxyl groups excluding tert-OH is 1. The summed E-state index contributed by atoms with van der Waals surface area (Å²) in [5.74, 6) is -0.254. The SMILES string of the molecule is Cc1cn([C@H]2C[C@H](OP(=O)(O)OC[C@H]3O[C@@H](n4cc(C)c(=O)[nH]c4=O)C[C@@H]3OP(=O)(O)OC[C@H]3O[C@@H](n4cc(C)c(=O)[nH]c4=O)C[C@@H]3O)[C@@H](COP(=O)(O)O[C@H]3C[C@H](n4cc(C)c(=O)[nH]c4=O)O[C@@H]3COP(=O)(O)O[C@H]3C[C@H]4O[C@@H]3COc3nc5c(=O)[nH]c(N)nc5n34)O2)c(=O)[nH]c1=O. The molecule has 6 aliphatic heterocycles. The lowest BCUT2D eigenvalue weighted by atomic mass is 10.2. The van der Waals surface area contributed by atoms with Gasteiger partial charge < -0.3 is 58.8 Å². The number of imidazole rings is 1. The van der Waals surface area contributed by atoms with Crippen molar-refractivity contribution in [1.29, 1.82) is 0 Å². The fourth-order valence-corrected chi connectivity index (χ4v) is 15.6. The molecule has 0 amide bonds. The zero-order valence-corrected chi connectivity index (χ0v) is 55.4. The maximum absolute atomic E-state index is 14.1. The number of nitrogens with one attached hydrogen (secondary N) is 5. The van der Waals surface area contributed by atoms with Crippen molar-refractivity contribution in [2.45, 2.75) is 152 Å². The quantitative estimate of drug-likeness (QED) is 0.0275. The van der Waals surface area contributed by atoms with E-state index in [1.807, 2.05) is 0 Å². The highest BCUT2D eigenvalue weighted by Crippen LogP contribution is 2.55. The Kier molecular flexibility index (Phi) is 20.0. The number of phosphoric acid groups is 4. The molecule has 0 aliphatic carbocycles. The predicted octanol–water partition coefficient (Wildman–Crippen LogP) is -2.66. The number of nitrogens with two attached hydrogens (primary N) is 1. The molecule has 2 bridgehead atoms. The van der Waals surface area contributed by atoms with Crippen LogP contribution in [-0.2, 0) is 78.1 Å². The maximum Gasteiger partial charge on any atom is 0.472 e. The number of anilines is 1. The second-order valence-corrected chi connectivity index (χ2v) is 29.3. The van der Waals surface area contributed by atoms with Gasteiger partial charge in [0, 0.05) is 79.1 Å². The third kappa shape index (κ3) is 15.7. The van der Waals surface area contributed by atoms with E-state index in [-0.39, 0.29) is 64.8 Å². The van der Waals surface area contributed by atoms with Crippen LogP contribution in [0, 0.1) is 27.7 Å². The number of phosphoric ester groups is 4. The predicted molar refractivity (Wildman–Crippen MR) is 324 cm³/mol. The van der Waals surface area contributed by atoms with E-state index in [1.165, 1.54) is 38.5 Å². The van der Waals surface area contributed by atoms with Gasteiger partial charge in [-0.25, -0.2) is 37.4 Å². The molecule has 45 nitrogen and oxygen atoms in total. The molecule has 540 valence electrons. The van der Waals surface area contributed by atoms with E-state index in [0.29, 0.717) is 0 Å². The number of aromatic nitrogens is 12. The summed E-state index contributed by atoms with van der Waals surface area (Å²) < 4.78 is 139. The zero-order valence-electron chi connectivity index (χ0n) is 51.8. The molecule has 12 N–H and O–H groups in total. The molecule has 0 saturated carbocycles. The molecule has 6 aliphatic rings. The standard InChI is InChI=1S/C50H63N13O32P4/c1-19-10-59(46(70)55-40(19)65)33-5-23(64)28(87-33)15-83-96(74,75)92-24-6-34(60-11-20(2)41(66)56-47(60)71)88-30(24)16-84-97(76,77)93-25-7-35(61-12-21(3)42(67)57-48(61)72)89-31(25)17-85-98(78,79)94-26-8-36(62-13-22(4)43(68)58-49(62)73)90-32(26)18-86-99(80,81)95-27-9-37-63-39-38(44(69)54-45(51)53-39)52-50(63)82-14-29(27)91-37/h10-13,23-37,64H,5-9,14-18H2,1-4H3,(H,74,75)(H,76,77)(H,78,79)(H,80,81)(H,55,65,70)(H,56,66,71)(H,57,67,72)(H,58,68,73)(H3,51,53,54,69)/t23-,24-,25-,26-,27-,28+,29+,30+,31+,32+,33+,34+,35+,36+,37+/m0/s1. The number of ether oxygens (including phenoxy) is 6. The average molecular weight is 1480 g/mol. The first kappa shape index (κ1) is 71.7. The monoisotopic (exact) mass is 1480 g/mol. The van der Waals surface area contributed by atoms with Gasteiger partial charge in [-0.2, -0.15) is 9.97 Å². The summed E-state index contributed by atoms with van der Waals surface area (Å²) in [6, 6.07) is -0.0638. The van der Waals surface area contributed by atoms with Gasteiger partial charge in [0.25, 0.3) is 27.8 Å². The lowest BCUT2D eigenvalue weighted by molar-refractivity contribution is -0.0645. The van der Waals surface area contributed by atoms with E-state index in [4.69, 9.17) is 70.3 Å². The summed E-state index contributed by atoms with van der Waals surface area (Å²) in [5.41, 5.74) is -1.96. The lowest BCUT2D eigenvalue weighted by Crippen LogP contribution is -2.33. The average Bonchev–Trinajstić information content (AvgIpc) is 1.59. The minimum atomic E-state index is -5.57. The topological polar surface area (TPSA) is 608 Å². The van der Waals surface area contributed by atoms with Crippen LogP contribution in [0.2, 0.25) is 0 Å². The van der Waals surface area contributed by atoms with Crippen LogP contribution in [0.5, 0.6) is 6.01 Å². The van der Waals surface area contributed by atoms with Crippen LogP contribution in [0.4, 0.5) is 5.95 Å². The fourth-order valence-electron chi connectivity index (χ4n) is 11.7. The molecular formula is C50H63N13O32P4. The Bertz CT molecular complexity index is 4910. The Balaban J connectivity index is 0.733. The van der Waals surface area contributed by atoms with Crippen molar-refractivity contribution in [3.8, 4) is 6.01 Å². The van der Waals surface area contributed by atoms with E-state index in [2.05, 4.69) is 34.9 Å². The van der Waals surface area contributed by atoms with Gasteiger partial charge in [-0.05, 0) is 27.7 Å². The van der Waals surface area contributed by atoms with Crippen LogP contribution in [-0.4, -0.2) is 176 Å². The minimum Gasteiger partial charge on any atom is -0.462 e. The Hall–Kier alpha value is -7.13. The fraction of sp³-hybridized carbons (Fsp3) is 0.580. The zero-order chi connectivity index (χ0) is 71.1. The Labute approximate surface area is 549 Å². The number of hydrogen-bond donors (Lipinski definition) is 11. The van der Waals surface area contributed by atoms with E-state index >= 15 is 0 Å². The van der Waals surface area contributed by atoms with Gasteiger partial charge in [0.05, 0.1) is 32.5 Å². The maximum atomic E-state index is 14.1. The number of aryl methyl sites for hydroxylation is 4. The summed E-state index contributed by atoms with van der Waals surface area (Å²) in [7, 11) is -21.7. The Morgan fingerprint density at radius 2 is 0.798 bits per heavy atom. The van der Waals surface area contributed by atoms with Crippen molar-refractivity contribution >= 4 is 48.4 Å². The first-order valence-electron chi connectivity index (χ1n) is 29.8. The Morgan fingerprint density at radius 3 is 1.18 bits per heavy atom. The van der Waals surface area contributed by atoms with Gasteiger partial charge in [0.15, 0.2) is 11.2 Å². The normalized spacial score (nSPS) is 30.0. The van der Waals surface area contributed by atoms with Crippen molar-refractivity contribution in [3.63, 3.8) is 0 Å². The molecule has 4 unspecified atom stereocenters. The van der Waals surface area contributed by atoms with Crippen LogP contribution in [0.1, 0.15) is 85.5 Å². The van der Waals surface area contributed by atoms with E-state index in [9.17, 15) is 86.1 Å². The second-order valence-electron chi connectivity index (χ2n) is 23.6. The smallest absolute Gasteiger partial charge is 0.462 e. The number of aromatic amines is 5. The summed E-state index contributed by atoms with van der Waals surface area (Å²) >= 11 is 0. The number of H-pyrrole nitrogens is 5. The first-order chi connectivity index (χ1) is 46.6. The van der Waals surface area contributed by atoms with E-state index in [0.717, 1.165) is 36.9 Å². The number of hydrogen-bond acceptors (Lipinski definition) is 31. The summed E-state index contributed by atoms with van der Waals surface area (Å²) in [6.07, 6.45) is -19.6. The lowest BCUT2D eigenvalue weighted by Gasteiger charge is -2.26. The van der Waals surface area contributed by atoms with Crippen molar-refractivity contribution in [2.24, 2.45) is 0 Å². The first-order valence-corrected chi connectivity index (χ1v) is 35.8. The van der Waals surface area contributed by atoms with Crippen molar-refractivity contribution < 1.29 is 108 Å². The van der Waals surface area contributed by atoms with Gasteiger partial charge in [0.2, 0.25) is 5.95 Å². The molecule has 49 heteroatoms. The van der Waals surface area contributed by atoms with Gasteiger partial charge in [-0.1, -0.05) is 0 Å². The van der Waals surface area contributed by atoms with Gasteiger partial charge in [0.1, 0.15) is 92.7 Å². The van der Waals surface area contributed by atoms with Gasteiger partial charge in [-0.15, -0.1) is 0 Å². The molecule has 6 aromatic heterocycles. The molecule has 12 rings (SSSR count). The second kappa shape index (κ2) is 27.7. The number of aliphatic hydroxyl groups is 1. The molecule has 0 spiro atoms. The van der Waals surface area contributed by atoms with Crippen LogP contribution in [0.3, 0.4) is 0 Å². The molecule has 19 atom stereocenters. The molecule has 6 aromatic rings. The van der Waals surface area contributed by atoms with E-state index in [1.54, 1.807) is 0 Å². The third-order valence-corrected chi connectivity index (χ3v) is 20.7. The molecule has 5 saturated heterocycles. The summed E-state index contributed by atoms with van der Waals surface area (Å²) in [5, 5.41) is 10.8. The number of rotatable bonds is 24. The van der Waals surface area contributed by atoms with Crippen molar-refractivity contribution in [2.75, 3.05) is 38.8 Å². The molecule has 12 heterocycles. The highest BCUT2D eigenvalue weighted by molar-refractivity contribution is 7.48. The van der Waals surface area contributed by atoms with E-state index < -0.39 is 220 Å². The highest BCUT2D eigenvalue weighted by Gasteiger charge is 2.51. The molecule has 0 radical (unpaired) electrons. The van der Waals surface area contributed by atoms with Gasteiger partial charge >= 0.3 is 60.1 Å². The highest BCUT2D eigenvalue weighted by atomic mass is 31.2. The Morgan fingerprint density at radius 1 is 0.465 bits per heavy atom. The minimum absolute atomic E-state index is 0.00273. The van der Waals surface area contributed by atoms with Crippen LogP contribution in [0.25, 0.3) is 11.2 Å². The largest absolute Gasteiger partial charge is 0.472 e. The molecular weight excluding hydrogens is 1420 g/mol. The van der Waals surface area contributed by atoms with Crippen LogP contribution >= 0.6 is 31.3 Å².